The number of carbonyl (C=O) groups excluding carboxylic acids is 1. The van der Waals surface area contributed by atoms with Crippen LogP contribution in [0.5, 0.6) is 0 Å². The third-order valence-electron chi connectivity index (χ3n) is 2.26. The molecule has 2 N–H and O–H groups in total. The highest BCUT2D eigenvalue weighted by atomic mass is 16.5. The summed E-state index contributed by atoms with van der Waals surface area (Å²) in [4.78, 5) is 23.5. The van der Waals surface area contributed by atoms with Gasteiger partial charge in [0.1, 0.15) is 0 Å². The van der Waals surface area contributed by atoms with Crippen molar-refractivity contribution in [1.82, 2.24) is 10.2 Å². The smallest absolute Gasteiger partial charge is 0.317 e. The predicted molar refractivity (Wildman–Crippen MR) is 64.0 cm³/mol. The van der Waals surface area contributed by atoms with E-state index in [-0.39, 0.29) is 25.1 Å². The molecule has 0 rings (SSSR count). The normalized spacial score (nSPS) is 11.9. The molecular formula is C11H22N2O4. The standard InChI is InChI=1S/C11H22N2O4/c1-4-13(7-6-10(14)15)11(16)12-8-9(3)17-5-2/h9H,4-8H2,1-3H3,(H,12,16)(H,14,15). The SMILES string of the molecule is CCOC(C)CNC(=O)N(CC)CCC(=O)O. The molecule has 2 amide bonds. The van der Waals surface area contributed by atoms with Gasteiger partial charge in [-0.05, 0) is 20.8 Å². The molecule has 1 unspecified atom stereocenters. The van der Waals surface area contributed by atoms with Crippen LogP contribution in [0, 0.1) is 0 Å². The average Bonchev–Trinajstić information content (AvgIpc) is 2.27. The Hall–Kier alpha value is -1.30. The Morgan fingerprint density at radius 3 is 2.53 bits per heavy atom. The van der Waals surface area contributed by atoms with Gasteiger partial charge in [0.2, 0.25) is 0 Å². The maximum Gasteiger partial charge on any atom is 0.317 e. The summed E-state index contributed by atoms with van der Waals surface area (Å²) in [7, 11) is 0. The summed E-state index contributed by atoms with van der Waals surface area (Å²) in [5.41, 5.74) is 0. The molecule has 100 valence electrons. The van der Waals surface area contributed by atoms with E-state index in [1.54, 1.807) is 0 Å². The van der Waals surface area contributed by atoms with E-state index in [1.165, 1.54) is 4.90 Å². The Labute approximate surface area is 102 Å². The number of hydrogen-bond acceptors (Lipinski definition) is 3. The van der Waals surface area contributed by atoms with Gasteiger partial charge in [0.05, 0.1) is 12.5 Å². The van der Waals surface area contributed by atoms with Crippen LogP contribution < -0.4 is 5.32 Å². The van der Waals surface area contributed by atoms with Crippen LogP contribution in [-0.4, -0.2) is 54.4 Å². The van der Waals surface area contributed by atoms with Crippen molar-refractivity contribution in [3.63, 3.8) is 0 Å². The highest BCUT2D eigenvalue weighted by Gasteiger charge is 2.13. The number of ether oxygens (including phenoxy) is 1. The maximum absolute atomic E-state index is 11.7. The second-order valence-electron chi connectivity index (χ2n) is 3.68. The van der Waals surface area contributed by atoms with E-state index in [9.17, 15) is 9.59 Å². The summed E-state index contributed by atoms with van der Waals surface area (Å²) in [6, 6.07) is -0.250. The zero-order chi connectivity index (χ0) is 13.3. The molecule has 6 nitrogen and oxygen atoms in total. The van der Waals surface area contributed by atoms with Crippen LogP contribution in [0.3, 0.4) is 0 Å². The molecular weight excluding hydrogens is 224 g/mol. The molecule has 0 heterocycles. The lowest BCUT2D eigenvalue weighted by Crippen LogP contribution is -2.43. The van der Waals surface area contributed by atoms with E-state index < -0.39 is 5.97 Å². The Morgan fingerprint density at radius 2 is 2.06 bits per heavy atom. The second-order valence-corrected chi connectivity index (χ2v) is 3.68. The molecule has 0 aliphatic carbocycles. The van der Waals surface area contributed by atoms with Crippen molar-refractivity contribution >= 4 is 12.0 Å². The number of carboxylic acid groups (broad SMARTS) is 1. The molecule has 0 aromatic rings. The minimum atomic E-state index is -0.904. The van der Waals surface area contributed by atoms with E-state index in [4.69, 9.17) is 9.84 Å². The third kappa shape index (κ3) is 7.57. The average molecular weight is 246 g/mol. The molecule has 17 heavy (non-hydrogen) atoms. The van der Waals surface area contributed by atoms with Crippen molar-refractivity contribution in [3.8, 4) is 0 Å². The number of amides is 2. The molecule has 0 fully saturated rings. The van der Waals surface area contributed by atoms with Crippen LogP contribution in [-0.2, 0) is 9.53 Å². The number of nitrogens with zero attached hydrogens (tertiary/aromatic N) is 1. The summed E-state index contributed by atoms with van der Waals surface area (Å²) >= 11 is 0. The fourth-order valence-electron chi connectivity index (χ4n) is 1.32. The van der Waals surface area contributed by atoms with Crippen molar-refractivity contribution in [3.05, 3.63) is 0 Å². The first-order valence-corrected chi connectivity index (χ1v) is 5.87. The largest absolute Gasteiger partial charge is 0.481 e. The summed E-state index contributed by atoms with van der Waals surface area (Å²) in [5, 5.41) is 11.3. The number of carboxylic acids is 1. The monoisotopic (exact) mass is 246 g/mol. The quantitative estimate of drug-likeness (QED) is 0.667. The van der Waals surface area contributed by atoms with Gasteiger partial charge in [-0.2, -0.15) is 0 Å². The maximum atomic E-state index is 11.7. The lowest BCUT2D eigenvalue weighted by Gasteiger charge is -2.21. The van der Waals surface area contributed by atoms with Crippen molar-refractivity contribution < 1.29 is 19.4 Å². The first kappa shape index (κ1) is 15.7. The molecule has 0 aromatic heterocycles. The van der Waals surface area contributed by atoms with E-state index >= 15 is 0 Å². The molecule has 1 atom stereocenters. The predicted octanol–water partition coefficient (Wildman–Crippen LogP) is 0.918. The zero-order valence-electron chi connectivity index (χ0n) is 10.7. The van der Waals surface area contributed by atoms with Gasteiger partial charge in [-0.1, -0.05) is 0 Å². The molecule has 0 aromatic carbocycles. The molecule has 0 saturated heterocycles. The first-order chi connectivity index (χ1) is 8.01. The Bertz CT molecular complexity index is 246. The van der Waals surface area contributed by atoms with Crippen LogP contribution in [0.25, 0.3) is 0 Å². The number of urea groups is 1. The van der Waals surface area contributed by atoms with Crippen LogP contribution in [0.15, 0.2) is 0 Å². The van der Waals surface area contributed by atoms with Crippen LogP contribution in [0.1, 0.15) is 27.2 Å². The molecule has 0 spiro atoms. The van der Waals surface area contributed by atoms with Crippen molar-refractivity contribution in [2.45, 2.75) is 33.3 Å². The van der Waals surface area contributed by atoms with Gasteiger partial charge in [-0.15, -0.1) is 0 Å². The molecule has 0 saturated carbocycles. The minimum absolute atomic E-state index is 0.0394. The first-order valence-electron chi connectivity index (χ1n) is 5.87. The minimum Gasteiger partial charge on any atom is -0.481 e. The highest BCUT2D eigenvalue weighted by molar-refractivity contribution is 5.75. The lowest BCUT2D eigenvalue weighted by atomic mass is 10.4. The van der Waals surface area contributed by atoms with Gasteiger partial charge in [-0.25, -0.2) is 4.79 Å². The van der Waals surface area contributed by atoms with Gasteiger partial charge in [-0.3, -0.25) is 4.79 Å². The van der Waals surface area contributed by atoms with E-state index in [0.717, 1.165) is 0 Å². The number of nitrogens with one attached hydrogen (secondary N) is 1. The van der Waals surface area contributed by atoms with Crippen LogP contribution in [0.2, 0.25) is 0 Å². The summed E-state index contributed by atoms with van der Waals surface area (Å²) < 4.78 is 5.28. The zero-order valence-corrected chi connectivity index (χ0v) is 10.7. The number of aliphatic carboxylic acids is 1. The van der Waals surface area contributed by atoms with Gasteiger partial charge in [0, 0.05) is 26.2 Å². The topological polar surface area (TPSA) is 78.9 Å². The van der Waals surface area contributed by atoms with Crippen molar-refractivity contribution in [2.24, 2.45) is 0 Å². The third-order valence-corrected chi connectivity index (χ3v) is 2.26. The van der Waals surface area contributed by atoms with E-state index in [2.05, 4.69) is 5.32 Å². The molecule has 6 heteroatoms. The number of rotatable bonds is 8. The molecule has 0 radical (unpaired) electrons. The van der Waals surface area contributed by atoms with Gasteiger partial charge >= 0.3 is 12.0 Å². The summed E-state index contributed by atoms with van der Waals surface area (Å²) in [6.45, 7) is 7.32. The molecule has 0 aliphatic heterocycles. The van der Waals surface area contributed by atoms with Crippen molar-refractivity contribution in [2.75, 3.05) is 26.2 Å². The molecule has 0 aliphatic rings. The second kappa shape index (κ2) is 8.81. The fraction of sp³-hybridized carbons (Fsp3) is 0.818. The summed E-state index contributed by atoms with van der Waals surface area (Å²) in [5.74, 6) is -0.904. The lowest BCUT2D eigenvalue weighted by molar-refractivity contribution is -0.137. The molecule has 0 bridgehead atoms. The van der Waals surface area contributed by atoms with E-state index in [1.807, 2.05) is 20.8 Å². The Kier molecular flexibility index (Phi) is 8.13. The summed E-state index contributed by atoms with van der Waals surface area (Å²) in [6.07, 6.45) is -0.0791. The van der Waals surface area contributed by atoms with Gasteiger partial charge < -0.3 is 20.1 Å². The van der Waals surface area contributed by atoms with Gasteiger partial charge in [0.15, 0.2) is 0 Å². The van der Waals surface area contributed by atoms with E-state index in [0.29, 0.717) is 19.7 Å². The fourth-order valence-corrected chi connectivity index (χ4v) is 1.32. The Morgan fingerprint density at radius 1 is 1.41 bits per heavy atom. The number of hydrogen-bond donors (Lipinski definition) is 2. The van der Waals surface area contributed by atoms with Crippen LogP contribution in [0.4, 0.5) is 4.79 Å². The number of carbonyl (C=O) groups is 2. The Balaban J connectivity index is 3.95. The van der Waals surface area contributed by atoms with Crippen LogP contribution >= 0.6 is 0 Å². The highest BCUT2D eigenvalue weighted by Crippen LogP contribution is 1.94. The van der Waals surface area contributed by atoms with Gasteiger partial charge in [0.25, 0.3) is 0 Å². The van der Waals surface area contributed by atoms with Crippen molar-refractivity contribution in [1.29, 1.82) is 0 Å².